The molecule has 0 atom stereocenters. The van der Waals surface area contributed by atoms with Crippen LogP contribution in [0.5, 0.6) is 11.5 Å². The third-order valence-electron chi connectivity index (χ3n) is 3.25. The molecule has 0 fully saturated rings. The molecule has 1 aromatic heterocycles. The minimum atomic E-state index is -3.21. The van der Waals surface area contributed by atoms with Gasteiger partial charge in [0.05, 0.1) is 18.7 Å². The molecule has 0 aliphatic heterocycles. The lowest BCUT2D eigenvalue weighted by Crippen LogP contribution is -2.09. The Morgan fingerprint density at radius 2 is 1.93 bits per heavy atom. The van der Waals surface area contributed by atoms with Crippen LogP contribution in [0, 0.1) is 0 Å². The molecule has 0 radical (unpaired) electrons. The monoisotopic (exact) mass is 448 g/mol. The Morgan fingerprint density at radius 1 is 1.20 bits per heavy atom. The van der Waals surface area contributed by atoms with Crippen molar-refractivity contribution in [2.24, 2.45) is 0 Å². The van der Waals surface area contributed by atoms with E-state index in [9.17, 15) is 27.2 Å². The van der Waals surface area contributed by atoms with Crippen molar-refractivity contribution in [2.45, 2.75) is 26.6 Å². The van der Waals surface area contributed by atoms with Crippen molar-refractivity contribution in [1.29, 1.82) is 0 Å². The van der Waals surface area contributed by atoms with Gasteiger partial charge in [0.1, 0.15) is 11.5 Å². The highest BCUT2D eigenvalue weighted by Crippen LogP contribution is 2.28. The fraction of sp³-hybridized carbons (Fsp3) is 0.278. The quantitative estimate of drug-likeness (QED) is 0.335. The summed E-state index contributed by atoms with van der Waals surface area (Å²) in [5.41, 5.74) is 0.453. The summed E-state index contributed by atoms with van der Waals surface area (Å²) in [6.45, 7) is -4.43. The van der Waals surface area contributed by atoms with Gasteiger partial charge in [0.2, 0.25) is 5.91 Å². The number of anilines is 1. The predicted molar refractivity (Wildman–Crippen MR) is 99.8 cm³/mol. The average molecular weight is 448 g/mol. The number of halogens is 4. The van der Waals surface area contributed by atoms with E-state index < -0.39 is 30.8 Å². The van der Waals surface area contributed by atoms with Crippen molar-refractivity contribution >= 4 is 34.4 Å². The number of aromatic nitrogens is 1. The van der Waals surface area contributed by atoms with Crippen molar-refractivity contribution in [1.82, 2.24) is 4.98 Å². The van der Waals surface area contributed by atoms with Gasteiger partial charge in [0, 0.05) is 23.1 Å². The molecule has 0 aliphatic carbocycles. The molecule has 1 heterocycles. The molecule has 0 aliphatic rings. The zero-order chi connectivity index (χ0) is 22.1. The minimum absolute atomic E-state index is 0.0363. The van der Waals surface area contributed by atoms with Gasteiger partial charge in [-0.2, -0.15) is 17.6 Å². The third kappa shape index (κ3) is 7.70. The molecule has 0 spiro atoms. The summed E-state index contributed by atoms with van der Waals surface area (Å²) in [7, 11) is 0. The Bertz CT molecular complexity index is 904. The van der Waals surface area contributed by atoms with E-state index in [4.69, 9.17) is 4.74 Å². The summed E-state index contributed by atoms with van der Waals surface area (Å²) < 4.78 is 62.9. The van der Waals surface area contributed by atoms with Gasteiger partial charge in [-0.05, 0) is 25.1 Å². The number of amides is 1. The van der Waals surface area contributed by atoms with Gasteiger partial charge < -0.3 is 14.2 Å². The molecule has 30 heavy (non-hydrogen) atoms. The normalized spacial score (nSPS) is 11.2. The van der Waals surface area contributed by atoms with Crippen LogP contribution in [0.15, 0.2) is 29.7 Å². The number of esters is 1. The lowest BCUT2D eigenvalue weighted by Gasteiger charge is -2.11. The summed E-state index contributed by atoms with van der Waals surface area (Å²) in [5.74, 6) is -1.91. The Hall–Kier alpha value is -3.15. The smallest absolute Gasteiger partial charge is 0.387 e. The molecule has 1 aromatic carbocycles. The predicted octanol–water partition coefficient (Wildman–Crippen LogP) is 4.10. The molecule has 0 saturated heterocycles. The summed E-state index contributed by atoms with van der Waals surface area (Å²) in [6.07, 6.45) is 2.14. The molecule has 2 aromatic rings. The standard InChI is InChI=1S/C18H16F4N2O5S/c1-2-27-15(26)7-11-9-30-18(23-11)24-14(25)6-4-10-3-5-12(28-16(19)20)8-13(10)29-17(21)22/h3-6,8-9,16-17H,2,7H2,1H3,(H,23,24,25)/b6-4+. The van der Waals surface area contributed by atoms with Gasteiger partial charge in [0.15, 0.2) is 5.13 Å². The number of ether oxygens (including phenoxy) is 3. The highest BCUT2D eigenvalue weighted by Gasteiger charge is 2.13. The second-order valence-electron chi connectivity index (χ2n) is 5.41. The van der Waals surface area contributed by atoms with Gasteiger partial charge in [-0.25, -0.2) is 4.98 Å². The number of carbonyl (C=O) groups is 2. The van der Waals surface area contributed by atoms with E-state index in [0.717, 1.165) is 35.6 Å². The maximum Gasteiger partial charge on any atom is 0.387 e. The molecule has 0 bridgehead atoms. The zero-order valence-electron chi connectivity index (χ0n) is 15.4. The van der Waals surface area contributed by atoms with Crippen LogP contribution in [0.3, 0.4) is 0 Å². The van der Waals surface area contributed by atoms with Crippen molar-refractivity contribution in [3.63, 3.8) is 0 Å². The first-order valence-corrected chi connectivity index (χ1v) is 9.27. The summed E-state index contributed by atoms with van der Waals surface area (Å²) in [5, 5.41) is 4.24. The molecule has 0 saturated carbocycles. The molecule has 1 N–H and O–H groups in total. The topological polar surface area (TPSA) is 86.8 Å². The molecular weight excluding hydrogens is 432 g/mol. The lowest BCUT2D eigenvalue weighted by atomic mass is 10.1. The van der Waals surface area contributed by atoms with Gasteiger partial charge in [-0.1, -0.05) is 0 Å². The van der Waals surface area contributed by atoms with E-state index in [-0.39, 0.29) is 29.5 Å². The Labute approximate surface area is 172 Å². The van der Waals surface area contributed by atoms with Gasteiger partial charge in [-0.15, -0.1) is 11.3 Å². The summed E-state index contributed by atoms with van der Waals surface area (Å²) in [4.78, 5) is 27.5. The SMILES string of the molecule is CCOC(=O)Cc1csc(NC(=O)/C=C/c2ccc(OC(F)F)cc2OC(F)F)n1. The fourth-order valence-corrected chi connectivity index (χ4v) is 2.86. The second-order valence-corrected chi connectivity index (χ2v) is 6.26. The molecule has 7 nitrogen and oxygen atoms in total. The Kier molecular flexibility index (Phi) is 8.59. The van der Waals surface area contributed by atoms with Gasteiger partial charge >= 0.3 is 19.2 Å². The highest BCUT2D eigenvalue weighted by atomic mass is 32.1. The second kappa shape index (κ2) is 11.1. The molecule has 2 rings (SSSR count). The number of hydrogen-bond acceptors (Lipinski definition) is 7. The lowest BCUT2D eigenvalue weighted by molar-refractivity contribution is -0.142. The number of nitrogens with one attached hydrogen (secondary N) is 1. The number of carbonyl (C=O) groups excluding carboxylic acids is 2. The van der Waals surface area contributed by atoms with Crippen LogP contribution in [0.1, 0.15) is 18.2 Å². The van der Waals surface area contributed by atoms with Crippen LogP contribution in [0.2, 0.25) is 0 Å². The van der Waals surface area contributed by atoms with E-state index in [1.165, 1.54) is 6.07 Å². The van der Waals surface area contributed by atoms with Crippen LogP contribution in [-0.2, 0) is 20.7 Å². The average Bonchev–Trinajstić information content (AvgIpc) is 3.06. The number of hydrogen-bond donors (Lipinski definition) is 1. The summed E-state index contributed by atoms with van der Waals surface area (Å²) >= 11 is 1.08. The minimum Gasteiger partial charge on any atom is -0.466 e. The van der Waals surface area contributed by atoms with Crippen molar-refractivity contribution in [3.05, 3.63) is 40.9 Å². The first kappa shape index (κ1) is 23.1. The number of nitrogens with zero attached hydrogens (tertiary/aromatic N) is 1. The fourth-order valence-electron chi connectivity index (χ4n) is 2.14. The molecule has 0 unspecified atom stereocenters. The van der Waals surface area contributed by atoms with Gasteiger partial charge in [0.25, 0.3) is 0 Å². The van der Waals surface area contributed by atoms with Crippen LogP contribution in [0.4, 0.5) is 22.7 Å². The van der Waals surface area contributed by atoms with Crippen molar-refractivity contribution in [2.75, 3.05) is 11.9 Å². The highest BCUT2D eigenvalue weighted by molar-refractivity contribution is 7.14. The zero-order valence-corrected chi connectivity index (χ0v) is 16.3. The largest absolute Gasteiger partial charge is 0.466 e. The van der Waals surface area contributed by atoms with E-state index in [2.05, 4.69) is 19.8 Å². The van der Waals surface area contributed by atoms with Crippen LogP contribution >= 0.6 is 11.3 Å². The van der Waals surface area contributed by atoms with E-state index in [1.807, 2.05) is 0 Å². The maximum atomic E-state index is 12.6. The number of thiazole rings is 1. The van der Waals surface area contributed by atoms with Crippen LogP contribution < -0.4 is 14.8 Å². The van der Waals surface area contributed by atoms with Crippen LogP contribution in [0.25, 0.3) is 6.08 Å². The van der Waals surface area contributed by atoms with E-state index in [1.54, 1.807) is 12.3 Å². The first-order chi connectivity index (χ1) is 14.3. The number of alkyl halides is 4. The van der Waals surface area contributed by atoms with Crippen molar-refractivity contribution < 1.29 is 41.4 Å². The molecular formula is C18H16F4N2O5S. The maximum absolute atomic E-state index is 12.6. The number of benzene rings is 1. The summed E-state index contributed by atoms with van der Waals surface area (Å²) in [6, 6.07) is 3.16. The van der Waals surface area contributed by atoms with E-state index >= 15 is 0 Å². The van der Waals surface area contributed by atoms with E-state index in [0.29, 0.717) is 5.69 Å². The van der Waals surface area contributed by atoms with Crippen LogP contribution in [-0.4, -0.2) is 36.7 Å². The Balaban J connectivity index is 2.04. The third-order valence-corrected chi connectivity index (χ3v) is 4.06. The number of rotatable bonds is 10. The Morgan fingerprint density at radius 3 is 2.60 bits per heavy atom. The molecule has 162 valence electrons. The van der Waals surface area contributed by atoms with Crippen molar-refractivity contribution in [3.8, 4) is 11.5 Å². The molecule has 12 heteroatoms. The van der Waals surface area contributed by atoms with Gasteiger partial charge in [-0.3, -0.25) is 14.9 Å². The first-order valence-electron chi connectivity index (χ1n) is 8.39. The molecule has 1 amide bonds.